The van der Waals surface area contributed by atoms with Gasteiger partial charge in [0.15, 0.2) is 0 Å². The predicted octanol–water partition coefficient (Wildman–Crippen LogP) is 1.89. The Labute approximate surface area is 70.6 Å². The average molecular weight is 170 g/mol. The Bertz CT molecular complexity index is 230. The molecule has 0 aromatic rings. The Balaban J connectivity index is 2.94. The molecule has 62 valence electrons. The molecule has 0 aromatic carbocycles. The van der Waals surface area contributed by atoms with Crippen LogP contribution < -0.4 is 0 Å². The van der Waals surface area contributed by atoms with E-state index in [1.807, 2.05) is 25.2 Å². The van der Waals surface area contributed by atoms with Gasteiger partial charge in [-0.15, -0.1) is 0 Å². The molecule has 0 heterocycles. The van der Waals surface area contributed by atoms with Crippen LogP contribution in [0.3, 0.4) is 0 Å². The number of allylic oxidation sites excluding steroid dienone is 3. The van der Waals surface area contributed by atoms with Crippen molar-refractivity contribution < 1.29 is 4.21 Å². The highest BCUT2D eigenvalue weighted by Gasteiger charge is 2.31. The van der Waals surface area contributed by atoms with E-state index < -0.39 is 10.8 Å². The second-order valence-corrected chi connectivity index (χ2v) is 4.96. The molecular formula is C9H14OS. The summed E-state index contributed by atoms with van der Waals surface area (Å²) in [4.78, 5) is 0. The molecule has 0 radical (unpaired) electrons. The third-order valence-electron chi connectivity index (χ3n) is 2.46. The maximum Gasteiger partial charge on any atom is 0.0670 e. The summed E-state index contributed by atoms with van der Waals surface area (Å²) >= 11 is 0. The number of hydrogen-bond donors (Lipinski definition) is 0. The first-order valence-corrected chi connectivity index (χ1v) is 5.33. The summed E-state index contributed by atoms with van der Waals surface area (Å²) in [5, 5.41) is 0. The van der Waals surface area contributed by atoms with Gasteiger partial charge in [0.2, 0.25) is 0 Å². The molecule has 1 aliphatic rings. The smallest absolute Gasteiger partial charge is 0.0670 e. The second-order valence-electron chi connectivity index (χ2n) is 3.17. The first-order valence-electron chi connectivity index (χ1n) is 3.77. The van der Waals surface area contributed by atoms with E-state index in [2.05, 4.69) is 13.0 Å². The Morgan fingerprint density at radius 3 is 2.45 bits per heavy atom. The quantitative estimate of drug-likeness (QED) is 0.587. The normalized spacial score (nSPS) is 39.0. The number of rotatable bonds is 1. The highest BCUT2D eigenvalue weighted by Crippen LogP contribution is 2.28. The molecule has 1 aliphatic carbocycles. The molecule has 0 saturated heterocycles. The van der Waals surface area contributed by atoms with E-state index in [4.69, 9.17) is 0 Å². The van der Waals surface area contributed by atoms with E-state index in [9.17, 15) is 4.21 Å². The predicted molar refractivity (Wildman–Crippen MR) is 49.9 cm³/mol. The highest BCUT2D eigenvalue weighted by atomic mass is 32.2. The lowest BCUT2D eigenvalue weighted by Crippen LogP contribution is -2.35. The van der Waals surface area contributed by atoms with Gasteiger partial charge in [-0.25, -0.2) is 0 Å². The van der Waals surface area contributed by atoms with Crippen LogP contribution in [0.2, 0.25) is 0 Å². The lowest BCUT2D eigenvalue weighted by Gasteiger charge is -2.30. The lowest BCUT2D eigenvalue weighted by atomic mass is 9.91. The van der Waals surface area contributed by atoms with E-state index in [0.717, 1.165) is 0 Å². The fraction of sp³-hybridized carbons (Fsp3) is 0.556. The van der Waals surface area contributed by atoms with E-state index >= 15 is 0 Å². The van der Waals surface area contributed by atoms with E-state index in [1.165, 1.54) is 0 Å². The average Bonchev–Trinajstić information content (AvgIpc) is 1.95. The molecule has 0 aromatic heterocycles. The first kappa shape index (κ1) is 8.72. The first-order chi connectivity index (χ1) is 5.07. The molecule has 0 fully saturated rings. The van der Waals surface area contributed by atoms with E-state index in [1.54, 1.807) is 6.26 Å². The van der Waals surface area contributed by atoms with E-state index in [0.29, 0.717) is 5.92 Å². The molecule has 3 atom stereocenters. The minimum absolute atomic E-state index is 0.158. The van der Waals surface area contributed by atoms with Crippen LogP contribution in [0, 0.1) is 5.92 Å². The van der Waals surface area contributed by atoms with Crippen molar-refractivity contribution in [3.8, 4) is 0 Å². The molecule has 0 N–H and O–H groups in total. The van der Waals surface area contributed by atoms with Gasteiger partial charge in [-0.05, 0) is 12.8 Å². The Morgan fingerprint density at radius 1 is 1.45 bits per heavy atom. The topological polar surface area (TPSA) is 17.1 Å². The molecule has 11 heavy (non-hydrogen) atoms. The van der Waals surface area contributed by atoms with Crippen LogP contribution in [-0.4, -0.2) is 15.2 Å². The van der Waals surface area contributed by atoms with Gasteiger partial charge in [-0.2, -0.15) is 0 Å². The summed E-state index contributed by atoms with van der Waals surface area (Å²) in [6.45, 7) is 4.13. The molecule has 0 saturated carbocycles. The maximum atomic E-state index is 11.4. The zero-order valence-corrected chi connectivity index (χ0v) is 8.02. The molecule has 0 spiro atoms. The van der Waals surface area contributed by atoms with Gasteiger partial charge in [0.05, 0.1) is 4.75 Å². The lowest BCUT2D eigenvalue weighted by molar-refractivity contribution is 0.568. The van der Waals surface area contributed by atoms with Gasteiger partial charge >= 0.3 is 0 Å². The molecule has 2 heteroatoms. The zero-order chi connectivity index (χ0) is 8.48. The fourth-order valence-corrected chi connectivity index (χ4v) is 2.05. The van der Waals surface area contributed by atoms with Crippen molar-refractivity contribution >= 4 is 10.8 Å². The molecule has 3 unspecified atom stereocenters. The molecule has 0 bridgehead atoms. The molecular weight excluding hydrogens is 156 g/mol. The Kier molecular flexibility index (Phi) is 2.33. The van der Waals surface area contributed by atoms with Gasteiger partial charge in [0, 0.05) is 17.1 Å². The van der Waals surface area contributed by atoms with Crippen LogP contribution in [0.15, 0.2) is 24.3 Å². The zero-order valence-electron chi connectivity index (χ0n) is 7.20. The van der Waals surface area contributed by atoms with Crippen LogP contribution in [0.25, 0.3) is 0 Å². The van der Waals surface area contributed by atoms with Gasteiger partial charge in [0.25, 0.3) is 0 Å². The Morgan fingerprint density at radius 2 is 2.09 bits per heavy atom. The minimum Gasteiger partial charge on any atom is -0.259 e. The summed E-state index contributed by atoms with van der Waals surface area (Å²) in [5.41, 5.74) is 0. The van der Waals surface area contributed by atoms with Crippen molar-refractivity contribution in [2.45, 2.75) is 18.6 Å². The van der Waals surface area contributed by atoms with Gasteiger partial charge in [0.1, 0.15) is 0 Å². The van der Waals surface area contributed by atoms with Crippen molar-refractivity contribution in [1.29, 1.82) is 0 Å². The second kappa shape index (κ2) is 2.94. The molecule has 0 amide bonds. The van der Waals surface area contributed by atoms with E-state index in [-0.39, 0.29) is 4.75 Å². The highest BCUT2D eigenvalue weighted by molar-refractivity contribution is 7.85. The van der Waals surface area contributed by atoms with Crippen molar-refractivity contribution in [2.24, 2.45) is 5.92 Å². The van der Waals surface area contributed by atoms with Crippen LogP contribution in [0.1, 0.15) is 13.8 Å². The summed E-state index contributed by atoms with van der Waals surface area (Å²) in [6.07, 6.45) is 9.88. The summed E-state index contributed by atoms with van der Waals surface area (Å²) in [7, 11) is -0.786. The van der Waals surface area contributed by atoms with Crippen LogP contribution in [0.5, 0.6) is 0 Å². The molecule has 1 rings (SSSR count). The summed E-state index contributed by atoms with van der Waals surface area (Å²) < 4.78 is 11.2. The Hall–Kier alpha value is -0.370. The van der Waals surface area contributed by atoms with Crippen molar-refractivity contribution in [2.75, 3.05) is 6.26 Å². The van der Waals surface area contributed by atoms with Gasteiger partial charge in [-0.1, -0.05) is 31.2 Å². The van der Waals surface area contributed by atoms with Gasteiger partial charge < -0.3 is 0 Å². The maximum absolute atomic E-state index is 11.4. The largest absolute Gasteiger partial charge is 0.259 e. The van der Waals surface area contributed by atoms with Crippen molar-refractivity contribution in [1.82, 2.24) is 0 Å². The van der Waals surface area contributed by atoms with Crippen LogP contribution >= 0.6 is 0 Å². The SMILES string of the molecule is CC1C=CC=CC1(C)S(C)=O. The van der Waals surface area contributed by atoms with Crippen LogP contribution in [-0.2, 0) is 10.8 Å². The molecule has 1 nitrogen and oxygen atoms in total. The van der Waals surface area contributed by atoms with Gasteiger partial charge in [-0.3, -0.25) is 4.21 Å². The standard InChI is InChI=1S/C9H14OS/c1-8-6-4-5-7-9(8,2)11(3)10/h4-8H,1-3H3. The van der Waals surface area contributed by atoms with Crippen molar-refractivity contribution in [3.05, 3.63) is 24.3 Å². The number of hydrogen-bond acceptors (Lipinski definition) is 1. The monoisotopic (exact) mass is 170 g/mol. The molecule has 0 aliphatic heterocycles. The van der Waals surface area contributed by atoms with Crippen LogP contribution in [0.4, 0.5) is 0 Å². The third-order valence-corrected chi connectivity index (χ3v) is 4.21. The summed E-state index contributed by atoms with van der Waals surface area (Å²) in [6, 6.07) is 0. The fourth-order valence-electron chi connectivity index (χ4n) is 1.18. The summed E-state index contributed by atoms with van der Waals surface area (Å²) in [5.74, 6) is 0.373. The van der Waals surface area contributed by atoms with Crippen molar-refractivity contribution in [3.63, 3.8) is 0 Å². The minimum atomic E-state index is -0.786. The third kappa shape index (κ3) is 1.45.